The van der Waals surface area contributed by atoms with Crippen LogP contribution in [0.5, 0.6) is 5.75 Å². The third-order valence-corrected chi connectivity index (χ3v) is 6.90. The number of para-hydroxylation sites is 1. The topological polar surface area (TPSA) is 140 Å². The molecule has 1 atom stereocenters. The molecule has 3 N–H and O–H groups in total. The number of carbonyl (C=O) groups excluding carboxylic acids is 1. The zero-order valence-electron chi connectivity index (χ0n) is 23.0. The largest absolute Gasteiger partial charge is 0.505 e. The van der Waals surface area contributed by atoms with Gasteiger partial charge in [0.25, 0.3) is 5.56 Å². The number of aromatic nitrogens is 2. The number of nitrogens with zero attached hydrogens (tertiary/aromatic N) is 4. The number of aromatic hydroxyl groups is 1. The van der Waals surface area contributed by atoms with Crippen molar-refractivity contribution in [1.29, 1.82) is 0 Å². The number of aromatic amines is 1. The number of hydrogen-bond donors (Lipinski definition) is 3. The summed E-state index contributed by atoms with van der Waals surface area (Å²) in [6, 6.07) is 17.8. The van der Waals surface area contributed by atoms with Crippen LogP contribution in [0.2, 0.25) is 0 Å². The molecule has 1 aromatic heterocycles. The fourth-order valence-corrected chi connectivity index (χ4v) is 4.36. The first-order valence-electron chi connectivity index (χ1n) is 12.7. The molecule has 10 heteroatoms. The van der Waals surface area contributed by atoms with E-state index < -0.39 is 11.9 Å². The lowest BCUT2D eigenvalue weighted by Gasteiger charge is -2.20. The van der Waals surface area contributed by atoms with Gasteiger partial charge in [-0.3, -0.25) is 19.5 Å². The van der Waals surface area contributed by atoms with Crippen LogP contribution in [-0.2, 0) is 9.59 Å². The van der Waals surface area contributed by atoms with Crippen LogP contribution in [0.15, 0.2) is 75.7 Å². The maximum Gasteiger partial charge on any atom is 0.323 e. The highest BCUT2D eigenvalue weighted by atomic mass is 16.4. The van der Waals surface area contributed by atoms with Gasteiger partial charge in [0.2, 0.25) is 5.91 Å². The molecule has 1 heterocycles. The number of benzene rings is 3. The highest BCUT2D eigenvalue weighted by Crippen LogP contribution is 2.38. The maximum absolute atomic E-state index is 13.1. The van der Waals surface area contributed by atoms with Crippen LogP contribution in [0, 0.1) is 20.8 Å². The molecule has 0 saturated heterocycles. The molecule has 0 fully saturated rings. The molecule has 206 valence electrons. The summed E-state index contributed by atoms with van der Waals surface area (Å²) in [7, 11) is 1.45. The third-order valence-electron chi connectivity index (χ3n) is 6.90. The van der Waals surface area contributed by atoms with Gasteiger partial charge in [-0.1, -0.05) is 42.5 Å². The second-order valence-corrected chi connectivity index (χ2v) is 9.80. The van der Waals surface area contributed by atoms with Crippen molar-refractivity contribution in [3.8, 4) is 22.6 Å². The quantitative estimate of drug-likeness (QED) is 0.252. The second kappa shape index (κ2) is 11.4. The van der Waals surface area contributed by atoms with E-state index in [1.807, 2.05) is 32.0 Å². The number of nitrogens with one attached hydrogen (secondary N) is 1. The van der Waals surface area contributed by atoms with Crippen molar-refractivity contribution >= 4 is 23.3 Å². The van der Waals surface area contributed by atoms with Gasteiger partial charge in [-0.05, 0) is 68.1 Å². The smallest absolute Gasteiger partial charge is 0.323 e. The average Bonchev–Trinajstić information content (AvgIpc) is 3.21. The minimum absolute atomic E-state index is 0.105. The normalized spacial score (nSPS) is 12.0. The predicted molar refractivity (Wildman–Crippen MR) is 152 cm³/mol. The van der Waals surface area contributed by atoms with Gasteiger partial charge in [-0.15, -0.1) is 10.2 Å². The minimum atomic E-state index is -1.08. The zero-order chi connectivity index (χ0) is 29.1. The van der Waals surface area contributed by atoms with E-state index in [2.05, 4.69) is 15.3 Å². The molecule has 1 amide bonds. The molecule has 0 aliphatic rings. The molecule has 0 radical (unpaired) electrons. The van der Waals surface area contributed by atoms with Gasteiger partial charge in [-0.25, -0.2) is 4.68 Å². The summed E-state index contributed by atoms with van der Waals surface area (Å²) in [6.45, 7) is 7.05. The molecule has 4 aromatic rings. The number of carboxylic acid groups (broad SMARTS) is 1. The van der Waals surface area contributed by atoms with Gasteiger partial charge in [0, 0.05) is 12.6 Å². The van der Waals surface area contributed by atoms with Gasteiger partial charge in [0.15, 0.2) is 11.4 Å². The fourth-order valence-electron chi connectivity index (χ4n) is 4.36. The molecule has 4 rings (SSSR count). The molecule has 40 heavy (non-hydrogen) atoms. The number of H-pyrrole nitrogens is 1. The minimum Gasteiger partial charge on any atom is -0.505 e. The lowest BCUT2D eigenvalue weighted by Crippen LogP contribution is -2.34. The molecular weight excluding hydrogens is 510 g/mol. The van der Waals surface area contributed by atoms with Gasteiger partial charge in [0.05, 0.1) is 17.3 Å². The summed E-state index contributed by atoms with van der Waals surface area (Å²) >= 11 is 0. The summed E-state index contributed by atoms with van der Waals surface area (Å²) in [5, 5.41) is 31.3. The van der Waals surface area contributed by atoms with Crippen molar-refractivity contribution in [2.24, 2.45) is 10.2 Å². The van der Waals surface area contributed by atoms with E-state index >= 15 is 0 Å². The number of aliphatic carboxylic acids is 1. The standard InChI is InChI=1S/C30H31N5O5/c1-17-9-14-23(15-18(17)2)35-30(40)27(20(4)33-35)32-31-25-8-6-7-24(28(25)38)22-12-10-21(11-13-22)19(3)29(39)34(5)16-26(36)37/h6-15,19,33,38H,16H2,1-5H3,(H,36,37). The summed E-state index contributed by atoms with van der Waals surface area (Å²) in [6.07, 6.45) is 0. The molecule has 0 bridgehead atoms. The number of carbonyl (C=O) groups is 2. The van der Waals surface area contributed by atoms with Crippen LogP contribution in [0.1, 0.15) is 35.2 Å². The number of azo groups is 1. The van der Waals surface area contributed by atoms with Crippen LogP contribution >= 0.6 is 0 Å². The van der Waals surface area contributed by atoms with Crippen molar-refractivity contribution < 1.29 is 19.8 Å². The monoisotopic (exact) mass is 541 g/mol. The Morgan fingerprint density at radius 3 is 2.35 bits per heavy atom. The van der Waals surface area contributed by atoms with Crippen LogP contribution in [-0.4, -0.2) is 50.4 Å². The number of phenolic OH excluding ortho intramolecular Hbond substituents is 1. The van der Waals surface area contributed by atoms with Crippen molar-refractivity contribution in [3.05, 3.63) is 93.4 Å². The van der Waals surface area contributed by atoms with E-state index in [4.69, 9.17) is 5.11 Å². The van der Waals surface area contributed by atoms with Gasteiger partial charge in [-0.2, -0.15) is 0 Å². The zero-order valence-corrected chi connectivity index (χ0v) is 23.0. The maximum atomic E-state index is 13.1. The Balaban J connectivity index is 1.58. The SMILES string of the molecule is Cc1ccc(-n2[nH]c(C)c(N=Nc3cccc(-c4ccc(C(C)C(=O)N(C)CC(=O)O)cc4)c3O)c2=O)cc1C. The Bertz CT molecular complexity index is 1670. The van der Waals surface area contributed by atoms with E-state index in [-0.39, 0.29) is 35.1 Å². The lowest BCUT2D eigenvalue weighted by atomic mass is 9.96. The average molecular weight is 542 g/mol. The van der Waals surface area contributed by atoms with Crippen molar-refractivity contribution in [1.82, 2.24) is 14.7 Å². The van der Waals surface area contributed by atoms with E-state index in [0.29, 0.717) is 28.1 Å². The second-order valence-electron chi connectivity index (χ2n) is 9.80. The van der Waals surface area contributed by atoms with Gasteiger partial charge in [0.1, 0.15) is 12.2 Å². The number of carboxylic acids is 1. The van der Waals surface area contributed by atoms with E-state index in [1.165, 1.54) is 16.6 Å². The summed E-state index contributed by atoms with van der Waals surface area (Å²) in [5.41, 5.74) is 5.29. The Hall–Kier alpha value is -4.99. The summed E-state index contributed by atoms with van der Waals surface area (Å²) in [5.74, 6) is -2.03. The van der Waals surface area contributed by atoms with Gasteiger partial charge < -0.3 is 15.1 Å². The summed E-state index contributed by atoms with van der Waals surface area (Å²) in [4.78, 5) is 37.7. The van der Waals surface area contributed by atoms with Crippen LogP contribution in [0.4, 0.5) is 11.4 Å². The molecule has 0 aliphatic heterocycles. The van der Waals surface area contributed by atoms with Gasteiger partial charge >= 0.3 is 5.97 Å². The molecule has 0 aliphatic carbocycles. The number of aryl methyl sites for hydroxylation is 3. The van der Waals surface area contributed by atoms with Crippen molar-refractivity contribution in [3.63, 3.8) is 0 Å². The fraction of sp³-hybridized carbons (Fsp3) is 0.233. The molecule has 3 aromatic carbocycles. The molecular formula is C30H31N5O5. The number of phenols is 1. The Morgan fingerprint density at radius 1 is 1.00 bits per heavy atom. The van der Waals surface area contributed by atoms with E-state index in [1.54, 1.807) is 56.3 Å². The first-order valence-corrected chi connectivity index (χ1v) is 12.7. The Labute approximate surface area is 231 Å². The predicted octanol–water partition coefficient (Wildman–Crippen LogP) is 5.53. The first kappa shape index (κ1) is 28.0. The first-order chi connectivity index (χ1) is 19.0. The third kappa shape index (κ3) is 5.70. The number of rotatable bonds is 8. The Kier molecular flexibility index (Phi) is 7.99. The van der Waals surface area contributed by atoms with E-state index in [9.17, 15) is 19.5 Å². The lowest BCUT2D eigenvalue weighted by molar-refractivity contribution is -0.143. The van der Waals surface area contributed by atoms with E-state index in [0.717, 1.165) is 11.1 Å². The summed E-state index contributed by atoms with van der Waals surface area (Å²) < 4.78 is 1.42. The van der Waals surface area contributed by atoms with Crippen LogP contribution < -0.4 is 5.56 Å². The molecule has 1 unspecified atom stereocenters. The highest BCUT2D eigenvalue weighted by molar-refractivity contribution is 5.86. The molecule has 0 spiro atoms. The number of hydrogen-bond acceptors (Lipinski definition) is 6. The van der Waals surface area contributed by atoms with Crippen molar-refractivity contribution in [2.45, 2.75) is 33.6 Å². The number of amides is 1. The van der Waals surface area contributed by atoms with Crippen LogP contribution in [0.25, 0.3) is 16.8 Å². The molecule has 10 nitrogen and oxygen atoms in total. The molecule has 0 saturated carbocycles. The highest BCUT2D eigenvalue weighted by Gasteiger charge is 2.21. The van der Waals surface area contributed by atoms with Crippen LogP contribution in [0.3, 0.4) is 0 Å². The van der Waals surface area contributed by atoms with Crippen molar-refractivity contribution in [2.75, 3.05) is 13.6 Å². The Morgan fingerprint density at radius 2 is 1.70 bits per heavy atom. The number of likely N-dealkylation sites (N-methyl/N-ethyl adjacent to an activating group) is 1.